The number of β-amino-alcohol motifs (C(OH)–C–C–N with tert-alkyl or cyclic N) is 1. The quantitative estimate of drug-likeness (QED) is 0.621. The molecule has 2 fully saturated rings. The van der Waals surface area contributed by atoms with Gasteiger partial charge in [-0.3, -0.25) is 4.79 Å². The number of aliphatic hydroxyl groups is 1. The highest BCUT2D eigenvalue weighted by Crippen LogP contribution is 2.29. The molecule has 10 heteroatoms. The van der Waals surface area contributed by atoms with Crippen LogP contribution < -0.4 is 0 Å². The fourth-order valence-corrected chi connectivity index (χ4v) is 6.68. The van der Waals surface area contributed by atoms with Crippen LogP contribution in [-0.4, -0.2) is 74.8 Å². The largest absolute Gasteiger partial charge is 0.468 e. The van der Waals surface area contributed by atoms with Crippen molar-refractivity contribution in [1.29, 1.82) is 0 Å². The van der Waals surface area contributed by atoms with Crippen molar-refractivity contribution >= 4 is 25.8 Å². The number of ether oxygens (including phenoxy) is 1. The average Bonchev–Trinajstić information content (AvgIpc) is 2.80. The van der Waals surface area contributed by atoms with Crippen LogP contribution in [0.25, 0.3) is 0 Å². The molecule has 8 nitrogen and oxygen atoms in total. The average molecular weight is 341 g/mol. The fraction of sp³-hybridized carbons (Fsp3) is 0.909. The van der Waals surface area contributed by atoms with Gasteiger partial charge in [0, 0.05) is 13.0 Å². The molecule has 0 aromatic rings. The third kappa shape index (κ3) is 3.38. The first-order chi connectivity index (χ1) is 9.67. The molecule has 1 N–H and O–H groups in total. The fourth-order valence-electron chi connectivity index (χ4n) is 2.77. The lowest BCUT2D eigenvalue weighted by atomic mass is 10.2. The number of methoxy groups -OCH3 is 1. The highest BCUT2D eigenvalue weighted by Gasteiger charge is 2.47. The minimum atomic E-state index is -3.84. The number of hydrogen-bond acceptors (Lipinski definition) is 7. The van der Waals surface area contributed by atoms with Crippen molar-refractivity contribution in [3.63, 3.8) is 0 Å². The predicted molar refractivity (Wildman–Crippen MR) is 73.7 cm³/mol. The summed E-state index contributed by atoms with van der Waals surface area (Å²) in [6.45, 7) is -0.161. The van der Waals surface area contributed by atoms with E-state index in [1.54, 1.807) is 0 Å². The zero-order valence-corrected chi connectivity index (χ0v) is 13.3. The van der Waals surface area contributed by atoms with Crippen LogP contribution in [0.5, 0.6) is 0 Å². The molecule has 2 unspecified atom stereocenters. The van der Waals surface area contributed by atoms with Crippen molar-refractivity contribution in [3.05, 3.63) is 0 Å². The van der Waals surface area contributed by atoms with E-state index in [0.717, 1.165) is 11.4 Å². The topological polar surface area (TPSA) is 118 Å². The van der Waals surface area contributed by atoms with E-state index in [0.29, 0.717) is 0 Å². The molecule has 0 radical (unpaired) electrons. The lowest BCUT2D eigenvalue weighted by Crippen LogP contribution is -2.47. The Labute approximate surface area is 124 Å². The predicted octanol–water partition coefficient (Wildman–Crippen LogP) is -1.50. The van der Waals surface area contributed by atoms with E-state index in [1.807, 2.05) is 0 Å². The van der Waals surface area contributed by atoms with E-state index in [1.165, 1.54) is 0 Å². The van der Waals surface area contributed by atoms with E-state index in [4.69, 9.17) is 0 Å². The third-order valence-electron chi connectivity index (χ3n) is 3.96. The first kappa shape index (κ1) is 16.7. The molecule has 0 aliphatic carbocycles. The van der Waals surface area contributed by atoms with Crippen LogP contribution in [0.3, 0.4) is 0 Å². The van der Waals surface area contributed by atoms with Gasteiger partial charge in [0.25, 0.3) is 0 Å². The van der Waals surface area contributed by atoms with Crippen molar-refractivity contribution in [2.75, 3.05) is 25.2 Å². The van der Waals surface area contributed by atoms with Gasteiger partial charge in [0.1, 0.15) is 15.9 Å². The molecule has 2 aliphatic rings. The first-order valence-corrected chi connectivity index (χ1v) is 9.97. The van der Waals surface area contributed by atoms with Gasteiger partial charge < -0.3 is 9.84 Å². The second-order valence-corrected chi connectivity index (χ2v) is 9.86. The zero-order chi connectivity index (χ0) is 15.8. The standard InChI is InChI=1S/C11H19NO7S2/c1-19-11(14)10-6-8(13)7-12(10)21(17,18)9-2-4-20(15,16)5-3-9/h8-10,13H,2-7H2,1H3. The Morgan fingerprint density at radius 1 is 1.29 bits per heavy atom. The molecule has 0 bridgehead atoms. The molecule has 122 valence electrons. The summed E-state index contributed by atoms with van der Waals surface area (Å²) in [5.74, 6) is -1.05. The SMILES string of the molecule is COC(=O)C1CC(O)CN1S(=O)(=O)C1CCS(=O)(=O)CC1. The normalized spacial score (nSPS) is 31.1. The maximum Gasteiger partial charge on any atom is 0.324 e. The highest BCUT2D eigenvalue weighted by atomic mass is 32.2. The van der Waals surface area contributed by atoms with Gasteiger partial charge in [-0.1, -0.05) is 0 Å². The minimum absolute atomic E-state index is 0.00305. The Morgan fingerprint density at radius 2 is 1.86 bits per heavy atom. The summed E-state index contributed by atoms with van der Waals surface area (Å²) in [6, 6.07) is -1.03. The summed E-state index contributed by atoms with van der Waals surface area (Å²) < 4.78 is 53.5. The number of sulfone groups is 1. The molecule has 2 atom stereocenters. The molecule has 2 heterocycles. The van der Waals surface area contributed by atoms with Gasteiger partial charge in [0.15, 0.2) is 0 Å². The molecule has 0 saturated carbocycles. The summed E-state index contributed by atoms with van der Waals surface area (Å²) >= 11 is 0. The van der Waals surface area contributed by atoms with Gasteiger partial charge in [0.2, 0.25) is 10.0 Å². The number of hydrogen-bond donors (Lipinski definition) is 1. The number of rotatable bonds is 3. The van der Waals surface area contributed by atoms with Gasteiger partial charge in [-0.05, 0) is 12.8 Å². The van der Waals surface area contributed by atoms with Gasteiger partial charge in [-0.2, -0.15) is 4.31 Å². The molecule has 2 rings (SSSR count). The number of carbonyl (C=O) groups is 1. The second-order valence-electron chi connectivity index (χ2n) is 5.39. The van der Waals surface area contributed by atoms with Crippen LogP contribution in [0.15, 0.2) is 0 Å². The number of carbonyl (C=O) groups excluding carboxylic acids is 1. The lowest BCUT2D eigenvalue weighted by molar-refractivity contribution is -0.144. The van der Waals surface area contributed by atoms with Crippen molar-refractivity contribution in [1.82, 2.24) is 4.31 Å². The summed E-state index contributed by atoms with van der Waals surface area (Å²) in [4.78, 5) is 11.7. The Bertz CT molecular complexity index is 598. The van der Waals surface area contributed by atoms with Gasteiger partial charge in [0.05, 0.1) is 30.0 Å². The summed E-state index contributed by atoms with van der Waals surface area (Å²) in [5, 5.41) is 8.81. The molecular formula is C11H19NO7S2. The first-order valence-electron chi connectivity index (χ1n) is 6.64. The van der Waals surface area contributed by atoms with Crippen molar-refractivity contribution in [3.8, 4) is 0 Å². The van der Waals surface area contributed by atoms with Crippen molar-refractivity contribution in [2.24, 2.45) is 0 Å². The van der Waals surface area contributed by atoms with E-state index in [2.05, 4.69) is 4.74 Å². The van der Waals surface area contributed by atoms with E-state index >= 15 is 0 Å². The van der Waals surface area contributed by atoms with E-state index in [9.17, 15) is 26.7 Å². The number of esters is 1. The molecule has 0 spiro atoms. The van der Waals surface area contributed by atoms with Crippen LogP contribution in [0, 0.1) is 0 Å². The molecule has 0 amide bonds. The molecule has 21 heavy (non-hydrogen) atoms. The van der Waals surface area contributed by atoms with Crippen molar-refractivity contribution < 1.29 is 31.5 Å². The maximum atomic E-state index is 12.6. The maximum absolute atomic E-state index is 12.6. The molecule has 0 aromatic carbocycles. The lowest BCUT2D eigenvalue weighted by Gasteiger charge is -2.29. The van der Waals surface area contributed by atoms with Gasteiger partial charge in [-0.15, -0.1) is 0 Å². The van der Waals surface area contributed by atoms with Crippen molar-refractivity contribution in [2.45, 2.75) is 36.7 Å². The monoisotopic (exact) mass is 341 g/mol. The number of sulfonamides is 1. The minimum Gasteiger partial charge on any atom is -0.468 e. The van der Waals surface area contributed by atoms with Gasteiger partial charge >= 0.3 is 5.97 Å². The van der Waals surface area contributed by atoms with E-state index in [-0.39, 0.29) is 37.3 Å². The smallest absolute Gasteiger partial charge is 0.324 e. The number of nitrogens with zero attached hydrogens (tertiary/aromatic N) is 1. The Kier molecular flexibility index (Phi) is 4.62. The summed E-state index contributed by atoms with van der Waals surface area (Å²) in [7, 11) is -5.85. The van der Waals surface area contributed by atoms with Crippen LogP contribution in [-0.2, 0) is 29.4 Å². The Hall–Kier alpha value is -0.710. The van der Waals surface area contributed by atoms with Crippen LogP contribution in [0.1, 0.15) is 19.3 Å². The van der Waals surface area contributed by atoms with Crippen LogP contribution in [0.2, 0.25) is 0 Å². The summed E-state index contributed by atoms with van der Waals surface area (Å²) in [6.07, 6.45) is -0.885. The molecule has 2 saturated heterocycles. The van der Waals surface area contributed by atoms with E-state index < -0.39 is 43.2 Å². The second kappa shape index (κ2) is 5.82. The third-order valence-corrected chi connectivity index (χ3v) is 8.04. The Morgan fingerprint density at radius 3 is 2.38 bits per heavy atom. The summed E-state index contributed by atoms with van der Waals surface area (Å²) in [5.41, 5.74) is 0. The number of aliphatic hydroxyl groups excluding tert-OH is 1. The highest BCUT2D eigenvalue weighted by molar-refractivity contribution is 7.92. The molecule has 2 aliphatic heterocycles. The zero-order valence-electron chi connectivity index (χ0n) is 11.6. The Balaban J connectivity index is 2.20. The van der Waals surface area contributed by atoms with Gasteiger partial charge in [-0.25, -0.2) is 16.8 Å². The van der Waals surface area contributed by atoms with Crippen LogP contribution >= 0.6 is 0 Å². The molecule has 0 aromatic heterocycles. The van der Waals surface area contributed by atoms with Crippen LogP contribution in [0.4, 0.5) is 0 Å². The molecular weight excluding hydrogens is 322 g/mol.